The second kappa shape index (κ2) is 8.02. The molecule has 0 spiro atoms. The lowest BCUT2D eigenvalue weighted by Gasteiger charge is -2.32. The zero-order valence-corrected chi connectivity index (χ0v) is 18.7. The van der Waals surface area contributed by atoms with Crippen molar-refractivity contribution >= 4 is 46.6 Å². The van der Waals surface area contributed by atoms with Crippen LogP contribution in [0.1, 0.15) is 49.5 Å². The number of aromatic carboxylic acids is 1. The summed E-state index contributed by atoms with van der Waals surface area (Å²) < 4.78 is 16.9. The highest BCUT2D eigenvalue weighted by Gasteiger charge is 2.37. The van der Waals surface area contributed by atoms with E-state index in [1.807, 2.05) is 11.9 Å². The smallest absolute Gasteiger partial charge is 0.341 e. The Kier molecular flexibility index (Phi) is 6.11. The molecular weight excluding hydrogens is 432 g/mol. The molecule has 0 unspecified atom stereocenters. The zero-order valence-electron chi connectivity index (χ0n) is 17.2. The van der Waals surface area contributed by atoms with Crippen LogP contribution in [0, 0.1) is 11.7 Å². The number of aromatic nitrogens is 1. The van der Waals surface area contributed by atoms with E-state index in [0.29, 0.717) is 30.2 Å². The van der Waals surface area contributed by atoms with Crippen molar-refractivity contribution in [2.75, 3.05) is 25.0 Å². The van der Waals surface area contributed by atoms with Gasteiger partial charge in [0, 0.05) is 30.9 Å². The lowest BCUT2D eigenvalue weighted by molar-refractivity contribution is 0.0695. The Morgan fingerprint density at radius 2 is 2.00 bits per heavy atom. The number of halogens is 3. The summed E-state index contributed by atoms with van der Waals surface area (Å²) in [6.07, 6.45) is 4.01. The number of carboxylic acids is 1. The standard InChI is InChI=1S/C21H25ClFN3O3.ClH/c1-21(2,24-3)11-6-7-25(9-11)18-15(23)8-13-17(16(18)22)26(12-4-5-12)10-14(19(13)27)20(28)29;/h8,10-12,24H,4-7,9H2,1-3H3,(H,28,29);1H/t11-;/m1./s1. The quantitative estimate of drug-likeness (QED) is 0.707. The first-order valence-electron chi connectivity index (χ1n) is 9.89. The maximum Gasteiger partial charge on any atom is 0.341 e. The van der Waals surface area contributed by atoms with Crippen LogP contribution in [0.25, 0.3) is 10.9 Å². The normalized spacial score (nSPS) is 19.2. The van der Waals surface area contributed by atoms with Gasteiger partial charge in [-0.15, -0.1) is 12.4 Å². The molecule has 1 aliphatic heterocycles. The molecule has 1 aromatic heterocycles. The minimum Gasteiger partial charge on any atom is -0.477 e. The van der Waals surface area contributed by atoms with Crippen LogP contribution in [0.3, 0.4) is 0 Å². The van der Waals surface area contributed by atoms with Gasteiger partial charge in [-0.05, 0) is 52.1 Å². The number of fused-ring (bicyclic) bond motifs is 1. The molecule has 2 aromatic rings. The number of nitrogens with zero attached hydrogens (tertiary/aromatic N) is 2. The highest BCUT2D eigenvalue weighted by molar-refractivity contribution is 6.38. The highest BCUT2D eigenvalue weighted by Crippen LogP contribution is 2.43. The summed E-state index contributed by atoms with van der Waals surface area (Å²) in [7, 11) is 1.92. The number of hydrogen-bond acceptors (Lipinski definition) is 4. The predicted octanol–water partition coefficient (Wildman–Crippen LogP) is 4.07. The van der Waals surface area contributed by atoms with Crippen molar-refractivity contribution in [2.24, 2.45) is 5.92 Å². The van der Waals surface area contributed by atoms with Crippen LogP contribution < -0.4 is 15.6 Å². The van der Waals surface area contributed by atoms with Crippen LogP contribution in [-0.2, 0) is 0 Å². The summed E-state index contributed by atoms with van der Waals surface area (Å²) in [5.74, 6) is -1.59. The molecule has 2 N–H and O–H groups in total. The predicted molar refractivity (Wildman–Crippen MR) is 119 cm³/mol. The van der Waals surface area contributed by atoms with Crippen molar-refractivity contribution in [3.8, 4) is 0 Å². The number of benzene rings is 1. The molecule has 4 rings (SSSR count). The minimum atomic E-state index is -1.32. The van der Waals surface area contributed by atoms with E-state index in [1.165, 1.54) is 6.20 Å². The van der Waals surface area contributed by atoms with Crippen LogP contribution in [0.15, 0.2) is 17.1 Å². The van der Waals surface area contributed by atoms with Gasteiger partial charge in [0.1, 0.15) is 11.4 Å². The van der Waals surface area contributed by atoms with E-state index < -0.39 is 17.2 Å². The van der Waals surface area contributed by atoms with E-state index in [1.54, 1.807) is 4.57 Å². The third kappa shape index (κ3) is 3.67. The van der Waals surface area contributed by atoms with Gasteiger partial charge >= 0.3 is 5.97 Å². The number of nitrogens with one attached hydrogen (secondary N) is 1. The van der Waals surface area contributed by atoms with Crippen molar-refractivity contribution < 1.29 is 14.3 Å². The van der Waals surface area contributed by atoms with Gasteiger partial charge in [0.25, 0.3) is 0 Å². The minimum absolute atomic E-state index is 0. The SMILES string of the molecule is CNC(C)(C)[C@@H]1CCN(c2c(F)cc3c(=O)c(C(=O)O)cn(C4CC4)c3c2Cl)C1.Cl. The average molecular weight is 458 g/mol. The fourth-order valence-corrected chi connectivity index (χ4v) is 4.68. The average Bonchev–Trinajstić information content (AvgIpc) is 3.39. The Morgan fingerprint density at radius 3 is 2.57 bits per heavy atom. The van der Waals surface area contributed by atoms with Gasteiger partial charge in [-0.3, -0.25) is 4.79 Å². The van der Waals surface area contributed by atoms with Crippen LogP contribution in [0.2, 0.25) is 5.02 Å². The molecule has 2 heterocycles. The monoisotopic (exact) mass is 457 g/mol. The largest absolute Gasteiger partial charge is 0.477 e. The highest BCUT2D eigenvalue weighted by atomic mass is 35.5. The third-order valence-corrected chi connectivity index (χ3v) is 6.88. The number of anilines is 1. The maximum absolute atomic E-state index is 15.2. The molecule has 2 fully saturated rings. The molecule has 1 aromatic carbocycles. The summed E-state index contributed by atoms with van der Waals surface area (Å²) >= 11 is 6.70. The Bertz CT molecular complexity index is 1070. The lowest BCUT2D eigenvalue weighted by Crippen LogP contribution is -2.45. The Balaban J connectivity index is 0.00000256. The summed E-state index contributed by atoms with van der Waals surface area (Å²) in [4.78, 5) is 26.1. The van der Waals surface area contributed by atoms with E-state index in [-0.39, 0.29) is 40.0 Å². The van der Waals surface area contributed by atoms with E-state index >= 15 is 4.39 Å². The Hall–Kier alpha value is -1.83. The molecule has 1 saturated carbocycles. The molecule has 9 heteroatoms. The number of carboxylic acid groups (broad SMARTS) is 1. The lowest BCUT2D eigenvalue weighted by atomic mass is 9.87. The number of rotatable bonds is 5. The van der Waals surface area contributed by atoms with E-state index in [0.717, 1.165) is 25.3 Å². The van der Waals surface area contributed by atoms with Crippen LogP contribution in [0.5, 0.6) is 0 Å². The van der Waals surface area contributed by atoms with Gasteiger partial charge < -0.3 is 19.9 Å². The molecule has 164 valence electrons. The number of pyridine rings is 1. The molecule has 6 nitrogen and oxygen atoms in total. The molecular formula is C21H26Cl2FN3O3. The van der Waals surface area contributed by atoms with E-state index in [4.69, 9.17) is 11.6 Å². The van der Waals surface area contributed by atoms with E-state index in [2.05, 4.69) is 19.2 Å². The van der Waals surface area contributed by atoms with Gasteiger partial charge in [-0.1, -0.05) is 11.6 Å². The van der Waals surface area contributed by atoms with Gasteiger partial charge in [0.2, 0.25) is 5.43 Å². The third-order valence-electron chi connectivity index (χ3n) is 6.52. The van der Waals surface area contributed by atoms with Crippen LogP contribution >= 0.6 is 24.0 Å². The zero-order chi connectivity index (χ0) is 21.1. The second-order valence-electron chi connectivity index (χ2n) is 8.64. The van der Waals surface area contributed by atoms with E-state index in [9.17, 15) is 14.7 Å². The molecule has 30 heavy (non-hydrogen) atoms. The summed E-state index contributed by atoms with van der Waals surface area (Å²) in [6.45, 7) is 5.56. The Morgan fingerprint density at radius 1 is 1.33 bits per heavy atom. The van der Waals surface area contributed by atoms with Gasteiger partial charge in [0.15, 0.2) is 0 Å². The first-order valence-corrected chi connectivity index (χ1v) is 10.3. The molecule has 0 amide bonds. The van der Waals surface area contributed by atoms with Crippen LogP contribution in [-0.4, -0.2) is 41.3 Å². The van der Waals surface area contributed by atoms with Crippen molar-refractivity contribution in [1.82, 2.24) is 9.88 Å². The molecule has 0 bridgehead atoms. The van der Waals surface area contributed by atoms with Gasteiger partial charge in [-0.2, -0.15) is 0 Å². The Labute approximate surface area is 185 Å². The first-order chi connectivity index (χ1) is 13.7. The summed E-state index contributed by atoms with van der Waals surface area (Å²) in [5, 5.41) is 12.9. The molecule has 1 aliphatic carbocycles. The van der Waals surface area contributed by atoms with Crippen molar-refractivity contribution in [1.29, 1.82) is 0 Å². The molecule has 2 aliphatic rings. The van der Waals surface area contributed by atoms with Crippen molar-refractivity contribution in [3.05, 3.63) is 38.9 Å². The summed E-state index contributed by atoms with van der Waals surface area (Å²) in [5.41, 5.74) is -0.430. The molecule has 1 saturated heterocycles. The molecule has 0 radical (unpaired) electrons. The number of carbonyl (C=O) groups is 1. The maximum atomic E-state index is 15.2. The molecule has 1 atom stereocenters. The fourth-order valence-electron chi connectivity index (χ4n) is 4.27. The van der Waals surface area contributed by atoms with Gasteiger partial charge in [-0.25, -0.2) is 9.18 Å². The second-order valence-corrected chi connectivity index (χ2v) is 9.01. The van der Waals surface area contributed by atoms with Gasteiger partial charge in [0.05, 0.1) is 21.6 Å². The first kappa shape index (κ1) is 22.8. The number of hydrogen-bond donors (Lipinski definition) is 2. The van der Waals surface area contributed by atoms with Crippen molar-refractivity contribution in [2.45, 2.75) is 44.7 Å². The topological polar surface area (TPSA) is 74.6 Å². The van der Waals surface area contributed by atoms with Crippen molar-refractivity contribution in [3.63, 3.8) is 0 Å². The summed E-state index contributed by atoms with van der Waals surface area (Å²) in [6, 6.07) is 1.24. The fraction of sp³-hybridized carbons (Fsp3) is 0.524. The van der Waals surface area contributed by atoms with Crippen LogP contribution in [0.4, 0.5) is 10.1 Å².